The van der Waals surface area contributed by atoms with E-state index in [0.717, 1.165) is 56.8 Å². The second-order valence-corrected chi connectivity index (χ2v) is 7.46. The minimum Gasteiger partial charge on any atom is -1.00 e. The van der Waals surface area contributed by atoms with Crippen molar-refractivity contribution in [2.75, 3.05) is 0 Å². The van der Waals surface area contributed by atoms with Gasteiger partial charge in [0.2, 0.25) is 0 Å². The molecule has 0 aromatic carbocycles. The molecule has 5 aliphatic heterocycles. The monoisotopic (exact) mass is 390 g/mol. The van der Waals surface area contributed by atoms with Crippen LogP contribution in [-0.2, 0) is 0 Å². The molecule has 0 saturated heterocycles. The summed E-state index contributed by atoms with van der Waals surface area (Å²) in [5, 5.41) is 0. The first-order valence-electron chi connectivity index (χ1n) is 9.42. The van der Waals surface area contributed by atoms with Gasteiger partial charge in [0.1, 0.15) is 0 Å². The van der Waals surface area contributed by atoms with Gasteiger partial charge in [-0.15, -0.1) is 0 Å². The largest absolute Gasteiger partial charge is 2.00 e. The minimum absolute atomic E-state index is 0. The van der Waals surface area contributed by atoms with Crippen molar-refractivity contribution < 1.29 is 2.85 Å². The molecule has 5 heteroatoms. The normalized spacial score (nSPS) is 21.9. The molecule has 0 amide bonds. The molecular weight excluding hydrogens is 369 g/mol. The Morgan fingerprint density at radius 3 is 1.90 bits per heavy atom. The molecule has 5 rings (SSSR count). The van der Waals surface area contributed by atoms with Crippen LogP contribution >= 0.6 is 0 Å². The Kier molecular flexibility index (Phi) is 4.96. The number of nitrogens with zero attached hydrogens (tertiary/aromatic N) is 4. The summed E-state index contributed by atoms with van der Waals surface area (Å²) >= 11 is 0. The molecule has 0 aromatic rings. The van der Waals surface area contributed by atoms with Crippen LogP contribution in [-0.4, -0.2) is 45.9 Å². The number of hydrogen-bond donors (Lipinski definition) is 0. The van der Waals surface area contributed by atoms with Crippen molar-refractivity contribution in [3.8, 4) is 0 Å². The van der Waals surface area contributed by atoms with Crippen LogP contribution in [0.1, 0.15) is 30.5 Å². The molecule has 0 atom stereocenters. The Balaban J connectivity index is 0.00000114. The van der Waals surface area contributed by atoms with E-state index in [1.807, 2.05) is 36.5 Å². The first kappa shape index (κ1) is 19.7. The molecule has 8 bridgehead atoms. The van der Waals surface area contributed by atoms with E-state index in [0.29, 0.717) is 0 Å². The summed E-state index contributed by atoms with van der Waals surface area (Å²) in [6.45, 7) is 8.45. The van der Waals surface area contributed by atoms with Crippen LogP contribution in [0.3, 0.4) is 0 Å². The summed E-state index contributed by atoms with van der Waals surface area (Å²) in [6.07, 6.45) is 16.2. The van der Waals surface area contributed by atoms with Crippen molar-refractivity contribution in [1.82, 2.24) is 0 Å². The van der Waals surface area contributed by atoms with Gasteiger partial charge in [0.15, 0.2) is 0 Å². The quantitative estimate of drug-likeness (QED) is 0.524. The molecule has 0 fully saturated rings. The molecule has 140 valence electrons. The maximum Gasteiger partial charge on any atom is 2.00 e. The van der Waals surface area contributed by atoms with Gasteiger partial charge in [0.05, 0.1) is 45.6 Å². The van der Waals surface area contributed by atoms with Crippen LogP contribution in [0.2, 0.25) is 0 Å². The molecule has 0 aliphatic carbocycles. The summed E-state index contributed by atoms with van der Waals surface area (Å²) in [5.74, 6) is 0. The first-order valence-corrected chi connectivity index (χ1v) is 9.42. The maximum atomic E-state index is 4.93. The average molecular weight is 391 g/mol. The average Bonchev–Trinajstić information content (AvgIpc) is 3.42. The third-order valence-electron chi connectivity index (χ3n) is 5.47. The predicted molar refractivity (Wildman–Crippen MR) is 125 cm³/mol. The van der Waals surface area contributed by atoms with Crippen LogP contribution in [0.4, 0.5) is 0 Å². The van der Waals surface area contributed by atoms with E-state index < -0.39 is 0 Å². The van der Waals surface area contributed by atoms with E-state index in [9.17, 15) is 0 Å². The second kappa shape index (κ2) is 7.32. The molecule has 5 heterocycles. The van der Waals surface area contributed by atoms with Crippen molar-refractivity contribution in [3.63, 3.8) is 0 Å². The van der Waals surface area contributed by atoms with Gasteiger partial charge in [-0.05, 0) is 93.0 Å². The SMILES string of the molecule is CC1=CC2=CC3=NC(=CC4=NC(=CC5=NC(=C(C)C1=N2)C(C)=C5C)C=C4)C=C3.[H-].[H-].[Mg+2]. The fourth-order valence-corrected chi connectivity index (χ4v) is 3.82. The van der Waals surface area contributed by atoms with Crippen LogP contribution in [0.25, 0.3) is 0 Å². The Morgan fingerprint density at radius 2 is 1.21 bits per heavy atom. The van der Waals surface area contributed by atoms with Crippen LogP contribution in [0, 0.1) is 0 Å². The Hall–Kier alpha value is -2.63. The molecule has 0 spiro atoms. The molecule has 29 heavy (non-hydrogen) atoms. The fourth-order valence-electron chi connectivity index (χ4n) is 3.82. The van der Waals surface area contributed by atoms with Crippen molar-refractivity contribution in [3.05, 3.63) is 93.7 Å². The molecule has 0 radical (unpaired) electrons. The maximum absolute atomic E-state index is 4.93. The Morgan fingerprint density at radius 1 is 0.586 bits per heavy atom. The zero-order chi connectivity index (χ0) is 19.4. The fraction of sp³-hybridized carbons (Fsp3) is 0.167. The van der Waals surface area contributed by atoms with Crippen molar-refractivity contribution in [1.29, 1.82) is 0 Å². The van der Waals surface area contributed by atoms with Crippen LogP contribution in [0.15, 0.2) is 114 Å². The number of hydrogen-bond acceptors (Lipinski definition) is 4. The van der Waals surface area contributed by atoms with E-state index in [1.165, 1.54) is 11.1 Å². The summed E-state index contributed by atoms with van der Waals surface area (Å²) in [7, 11) is 0. The topological polar surface area (TPSA) is 49.4 Å². The van der Waals surface area contributed by atoms with E-state index in [-0.39, 0.29) is 25.9 Å². The van der Waals surface area contributed by atoms with Gasteiger partial charge >= 0.3 is 23.1 Å². The third-order valence-corrected chi connectivity index (χ3v) is 5.47. The molecule has 0 N–H and O–H groups in total. The number of fused-ring (bicyclic) bond motifs is 4. The van der Waals surface area contributed by atoms with E-state index in [1.54, 1.807) is 0 Å². The molecule has 5 aliphatic rings. The third kappa shape index (κ3) is 3.45. The van der Waals surface area contributed by atoms with Gasteiger partial charge in [-0.1, -0.05) is 0 Å². The van der Waals surface area contributed by atoms with E-state index >= 15 is 0 Å². The number of allylic oxidation sites excluding steroid dienone is 12. The second-order valence-electron chi connectivity index (χ2n) is 7.46. The van der Waals surface area contributed by atoms with Crippen molar-refractivity contribution >= 4 is 45.9 Å². The predicted octanol–water partition coefficient (Wildman–Crippen LogP) is 4.98. The summed E-state index contributed by atoms with van der Waals surface area (Å²) in [6, 6.07) is 0. The number of aliphatic imine (C=N–C) groups is 4. The van der Waals surface area contributed by atoms with Gasteiger partial charge in [0, 0.05) is 5.57 Å². The summed E-state index contributed by atoms with van der Waals surface area (Å²) in [4.78, 5) is 19.2. The van der Waals surface area contributed by atoms with Gasteiger partial charge in [0.25, 0.3) is 0 Å². The van der Waals surface area contributed by atoms with E-state index in [4.69, 9.17) is 15.0 Å². The van der Waals surface area contributed by atoms with Gasteiger partial charge in [-0.25, -0.2) is 20.0 Å². The number of rotatable bonds is 0. The van der Waals surface area contributed by atoms with Crippen LogP contribution < -0.4 is 0 Å². The molecule has 0 unspecified atom stereocenters. The van der Waals surface area contributed by atoms with E-state index in [2.05, 4.69) is 44.8 Å². The van der Waals surface area contributed by atoms with Crippen molar-refractivity contribution in [2.45, 2.75) is 27.7 Å². The smallest absolute Gasteiger partial charge is 1.00 e. The minimum atomic E-state index is 0. The van der Waals surface area contributed by atoms with Crippen molar-refractivity contribution in [2.24, 2.45) is 20.0 Å². The van der Waals surface area contributed by atoms with Gasteiger partial charge in [-0.3, -0.25) is 0 Å². The molecule has 4 nitrogen and oxygen atoms in total. The van der Waals surface area contributed by atoms with Crippen LogP contribution in [0.5, 0.6) is 0 Å². The van der Waals surface area contributed by atoms with Gasteiger partial charge in [-0.2, -0.15) is 0 Å². The van der Waals surface area contributed by atoms with Gasteiger partial charge < -0.3 is 2.85 Å². The molecule has 0 saturated carbocycles. The zero-order valence-electron chi connectivity index (χ0n) is 19.1. The Bertz CT molecular complexity index is 1230. The summed E-state index contributed by atoms with van der Waals surface area (Å²) in [5.41, 5.74) is 12.1. The molecule has 0 aromatic heterocycles. The standard InChI is InChI=1S/C24H20N4.Mg.2H/c1-13-9-21-11-19-6-5-17(25-19)10-18-7-8-20(26-18)12-22-14(2)15(3)24(28-22)16(4)23(13)27-21;;;/h5-12H,1-4H3;;;/q;+2;2*-1. The first-order chi connectivity index (χ1) is 13.5. The molecular formula is C24H22MgN4. The Labute approximate surface area is 189 Å². The zero-order valence-corrected chi connectivity index (χ0v) is 18.5. The summed E-state index contributed by atoms with van der Waals surface area (Å²) < 4.78 is 0.